The van der Waals surface area contributed by atoms with Crippen LogP contribution in [0.15, 0.2) is 10.7 Å². The molecule has 1 aromatic heterocycles. The molecule has 1 aliphatic carbocycles. The van der Waals surface area contributed by atoms with E-state index in [1.807, 2.05) is 0 Å². The predicted molar refractivity (Wildman–Crippen MR) is 60.0 cm³/mol. The largest absolute Gasteiger partial charge is 0.368 e. The van der Waals surface area contributed by atoms with Crippen LogP contribution >= 0.6 is 15.9 Å². The average Bonchev–Trinajstić information content (AvgIpc) is 2.67. The van der Waals surface area contributed by atoms with Crippen molar-refractivity contribution in [3.63, 3.8) is 0 Å². The fourth-order valence-electron chi connectivity index (χ4n) is 1.36. The minimum absolute atomic E-state index is 0.300. The molecule has 1 aliphatic rings. The van der Waals surface area contributed by atoms with E-state index in [2.05, 4.69) is 45.1 Å². The number of hydrogen-bond acceptors (Lipinski definition) is 4. The van der Waals surface area contributed by atoms with Gasteiger partial charge in [-0.1, -0.05) is 13.8 Å². The monoisotopic (exact) mass is 256 g/mol. The molecule has 0 spiro atoms. The molecule has 1 aromatic rings. The summed E-state index contributed by atoms with van der Waals surface area (Å²) in [7, 11) is 0. The molecule has 0 aromatic carbocycles. The minimum atomic E-state index is 0.300. The number of halogens is 1. The highest BCUT2D eigenvalue weighted by atomic mass is 79.9. The van der Waals surface area contributed by atoms with E-state index in [0.29, 0.717) is 17.4 Å². The Hall–Kier alpha value is -0.840. The summed E-state index contributed by atoms with van der Waals surface area (Å²) in [5.74, 6) is 1.09. The van der Waals surface area contributed by atoms with E-state index in [4.69, 9.17) is 5.73 Å². The highest BCUT2D eigenvalue weighted by Crippen LogP contribution is 2.46. The lowest BCUT2D eigenvalue weighted by molar-refractivity contribution is 0.629. The number of nitrogen functional groups attached to an aromatic ring is 1. The van der Waals surface area contributed by atoms with Crippen molar-refractivity contribution in [2.45, 2.75) is 26.3 Å². The Morgan fingerprint density at radius 3 is 2.86 bits per heavy atom. The second kappa shape index (κ2) is 3.08. The molecule has 1 heterocycles. The smallest absolute Gasteiger partial charge is 0.221 e. The van der Waals surface area contributed by atoms with Crippen molar-refractivity contribution >= 4 is 27.7 Å². The lowest BCUT2D eigenvalue weighted by atomic mass is 10.2. The number of hydrogen-bond donors (Lipinski definition) is 2. The molecule has 1 unspecified atom stereocenters. The highest BCUT2D eigenvalue weighted by molar-refractivity contribution is 9.10. The van der Waals surface area contributed by atoms with Gasteiger partial charge in [0.1, 0.15) is 5.82 Å². The normalized spacial score (nSPS) is 23.2. The lowest BCUT2D eigenvalue weighted by Crippen LogP contribution is -2.11. The first-order valence-corrected chi connectivity index (χ1v) is 5.33. The van der Waals surface area contributed by atoms with Gasteiger partial charge in [-0.3, -0.25) is 0 Å². The number of aromatic nitrogens is 2. The molecule has 5 heteroatoms. The third-order valence-electron chi connectivity index (χ3n) is 2.59. The van der Waals surface area contributed by atoms with E-state index in [9.17, 15) is 0 Å². The van der Waals surface area contributed by atoms with Crippen molar-refractivity contribution in [3.8, 4) is 0 Å². The molecule has 0 saturated heterocycles. The van der Waals surface area contributed by atoms with Crippen LogP contribution < -0.4 is 11.1 Å². The molecule has 0 aliphatic heterocycles. The van der Waals surface area contributed by atoms with E-state index in [1.54, 1.807) is 6.20 Å². The first-order chi connectivity index (χ1) is 6.49. The highest BCUT2D eigenvalue weighted by Gasteiger charge is 2.46. The molecule has 1 fully saturated rings. The first kappa shape index (κ1) is 9.71. The summed E-state index contributed by atoms with van der Waals surface area (Å²) in [6.07, 6.45) is 2.84. The van der Waals surface area contributed by atoms with E-state index in [1.165, 1.54) is 6.42 Å². The molecule has 1 atom stereocenters. The Morgan fingerprint density at radius 1 is 1.64 bits per heavy atom. The van der Waals surface area contributed by atoms with Gasteiger partial charge in [0, 0.05) is 12.2 Å². The van der Waals surface area contributed by atoms with Gasteiger partial charge in [-0.05, 0) is 27.8 Å². The summed E-state index contributed by atoms with van der Waals surface area (Å²) in [6, 6.07) is 0.494. The fourth-order valence-corrected chi connectivity index (χ4v) is 1.67. The molecule has 3 N–H and O–H groups in total. The zero-order chi connectivity index (χ0) is 10.3. The van der Waals surface area contributed by atoms with Crippen molar-refractivity contribution in [1.29, 1.82) is 0 Å². The third kappa shape index (κ3) is 1.82. The number of nitrogens with two attached hydrogens (primary N) is 1. The first-order valence-electron chi connectivity index (χ1n) is 4.53. The maximum absolute atomic E-state index is 5.51. The summed E-state index contributed by atoms with van der Waals surface area (Å²) in [4.78, 5) is 8.01. The molecule has 2 rings (SSSR count). The van der Waals surface area contributed by atoms with Gasteiger partial charge < -0.3 is 11.1 Å². The van der Waals surface area contributed by atoms with Gasteiger partial charge in [-0.2, -0.15) is 4.98 Å². The summed E-state index contributed by atoms with van der Waals surface area (Å²) in [5, 5.41) is 3.34. The van der Waals surface area contributed by atoms with E-state index in [0.717, 1.165) is 10.3 Å². The Kier molecular flexibility index (Phi) is 2.14. The van der Waals surface area contributed by atoms with Crippen molar-refractivity contribution in [2.24, 2.45) is 5.41 Å². The molecule has 4 nitrogen and oxygen atoms in total. The fraction of sp³-hybridized carbons (Fsp3) is 0.556. The van der Waals surface area contributed by atoms with Crippen LogP contribution in [-0.4, -0.2) is 16.0 Å². The Labute approximate surface area is 91.4 Å². The van der Waals surface area contributed by atoms with Crippen LogP contribution in [0.2, 0.25) is 0 Å². The van der Waals surface area contributed by atoms with Gasteiger partial charge in [0.2, 0.25) is 5.95 Å². The van der Waals surface area contributed by atoms with Crippen LogP contribution in [0.4, 0.5) is 11.8 Å². The average molecular weight is 257 g/mol. The lowest BCUT2D eigenvalue weighted by Gasteiger charge is -2.08. The molecular formula is C9H13BrN4. The topological polar surface area (TPSA) is 63.8 Å². The van der Waals surface area contributed by atoms with E-state index in [-0.39, 0.29) is 0 Å². The maximum Gasteiger partial charge on any atom is 0.221 e. The van der Waals surface area contributed by atoms with Gasteiger partial charge >= 0.3 is 0 Å². The maximum atomic E-state index is 5.51. The van der Waals surface area contributed by atoms with Crippen LogP contribution in [0.3, 0.4) is 0 Å². The van der Waals surface area contributed by atoms with Gasteiger partial charge in [0.05, 0.1) is 4.47 Å². The van der Waals surface area contributed by atoms with Gasteiger partial charge in [-0.25, -0.2) is 4.98 Å². The number of rotatable bonds is 2. The number of nitrogens with zero attached hydrogens (tertiary/aromatic N) is 2. The van der Waals surface area contributed by atoms with Crippen LogP contribution in [0.5, 0.6) is 0 Å². The number of anilines is 2. The van der Waals surface area contributed by atoms with Crippen molar-refractivity contribution in [2.75, 3.05) is 11.1 Å². The van der Waals surface area contributed by atoms with Crippen LogP contribution in [0, 0.1) is 5.41 Å². The Morgan fingerprint density at radius 2 is 2.29 bits per heavy atom. The Bertz CT molecular complexity index is 364. The van der Waals surface area contributed by atoms with Crippen molar-refractivity contribution < 1.29 is 0 Å². The van der Waals surface area contributed by atoms with Crippen molar-refractivity contribution in [3.05, 3.63) is 10.7 Å². The quantitative estimate of drug-likeness (QED) is 0.850. The van der Waals surface area contributed by atoms with Crippen molar-refractivity contribution in [1.82, 2.24) is 9.97 Å². The van der Waals surface area contributed by atoms with Gasteiger partial charge in [0.25, 0.3) is 0 Å². The SMILES string of the molecule is CC1(C)CC1Nc1nc(N)ncc1Br. The molecule has 76 valence electrons. The predicted octanol–water partition coefficient (Wildman–Crippen LogP) is 2.03. The summed E-state index contributed by atoms with van der Waals surface area (Å²) >= 11 is 3.38. The minimum Gasteiger partial charge on any atom is -0.368 e. The molecular weight excluding hydrogens is 244 g/mol. The van der Waals surface area contributed by atoms with Crippen LogP contribution in [0.25, 0.3) is 0 Å². The molecule has 0 amide bonds. The van der Waals surface area contributed by atoms with Crippen LogP contribution in [0.1, 0.15) is 20.3 Å². The molecule has 1 saturated carbocycles. The molecule has 14 heavy (non-hydrogen) atoms. The molecule has 0 radical (unpaired) electrons. The second-order valence-corrected chi connectivity index (χ2v) is 5.17. The summed E-state index contributed by atoms with van der Waals surface area (Å²) in [6.45, 7) is 4.45. The van der Waals surface area contributed by atoms with Gasteiger partial charge in [-0.15, -0.1) is 0 Å². The zero-order valence-electron chi connectivity index (χ0n) is 8.21. The summed E-state index contributed by atoms with van der Waals surface area (Å²) in [5.41, 5.74) is 5.88. The standard InChI is InChI=1S/C9H13BrN4/c1-9(2)3-6(9)13-7-5(10)4-12-8(11)14-7/h4,6H,3H2,1-2H3,(H3,11,12,13,14). The summed E-state index contributed by atoms with van der Waals surface area (Å²) < 4.78 is 0.856. The van der Waals surface area contributed by atoms with Gasteiger partial charge in [0.15, 0.2) is 0 Å². The third-order valence-corrected chi connectivity index (χ3v) is 3.17. The zero-order valence-corrected chi connectivity index (χ0v) is 9.80. The van der Waals surface area contributed by atoms with Crippen LogP contribution in [-0.2, 0) is 0 Å². The second-order valence-electron chi connectivity index (χ2n) is 4.31. The van der Waals surface area contributed by atoms with E-state index < -0.39 is 0 Å². The Balaban J connectivity index is 2.13. The molecule has 0 bridgehead atoms. The number of nitrogens with one attached hydrogen (secondary N) is 1. The van der Waals surface area contributed by atoms with E-state index >= 15 is 0 Å².